The summed E-state index contributed by atoms with van der Waals surface area (Å²) in [7, 11) is 3.14. The molecule has 7 nitrogen and oxygen atoms in total. The van der Waals surface area contributed by atoms with Gasteiger partial charge in [0, 0.05) is 5.56 Å². The number of benzene rings is 4. The monoisotopic (exact) mass is 522 g/mol. The highest BCUT2D eigenvalue weighted by molar-refractivity contribution is 6.31. The lowest BCUT2D eigenvalue weighted by Crippen LogP contribution is -2.24. The van der Waals surface area contributed by atoms with E-state index in [0.717, 1.165) is 16.5 Å². The van der Waals surface area contributed by atoms with Crippen molar-refractivity contribution in [2.45, 2.75) is 6.61 Å². The average molecular weight is 523 g/mol. The minimum absolute atomic E-state index is 0.118. The van der Waals surface area contributed by atoms with Crippen molar-refractivity contribution < 1.29 is 28.1 Å². The van der Waals surface area contributed by atoms with Crippen LogP contribution in [0.5, 0.6) is 23.0 Å². The molecule has 0 spiro atoms. The maximum atomic E-state index is 13.3. The summed E-state index contributed by atoms with van der Waals surface area (Å²) in [6.07, 6.45) is 1.47. The van der Waals surface area contributed by atoms with E-state index in [-0.39, 0.29) is 18.2 Å². The third-order valence-corrected chi connectivity index (χ3v) is 5.73. The van der Waals surface area contributed by atoms with Gasteiger partial charge in [-0.2, -0.15) is 5.10 Å². The molecule has 37 heavy (non-hydrogen) atoms. The number of carbonyl (C=O) groups excluding carboxylic acids is 1. The molecule has 0 radical (unpaired) electrons. The van der Waals surface area contributed by atoms with E-state index < -0.39 is 11.7 Å². The minimum atomic E-state index is -0.421. The topological polar surface area (TPSA) is 78.4 Å². The minimum Gasteiger partial charge on any atom is -0.497 e. The van der Waals surface area contributed by atoms with Gasteiger partial charge in [0.15, 0.2) is 18.1 Å². The first kappa shape index (κ1) is 25.8. The van der Waals surface area contributed by atoms with Crippen molar-refractivity contribution >= 4 is 34.5 Å². The second-order valence-electron chi connectivity index (χ2n) is 7.89. The van der Waals surface area contributed by atoms with E-state index in [1.807, 2.05) is 30.3 Å². The summed E-state index contributed by atoms with van der Waals surface area (Å²) >= 11 is 6.07. The number of carbonyl (C=O) groups is 1. The first-order chi connectivity index (χ1) is 17.9. The number of methoxy groups -OCH3 is 2. The Bertz CT molecular complexity index is 1440. The molecule has 0 saturated carbocycles. The van der Waals surface area contributed by atoms with Crippen LogP contribution in [0, 0.1) is 5.82 Å². The summed E-state index contributed by atoms with van der Waals surface area (Å²) < 4.78 is 35.3. The molecule has 0 bridgehead atoms. The van der Waals surface area contributed by atoms with Crippen LogP contribution in [0.3, 0.4) is 0 Å². The quantitative estimate of drug-likeness (QED) is 0.212. The van der Waals surface area contributed by atoms with Crippen LogP contribution in [0.15, 0.2) is 77.9 Å². The van der Waals surface area contributed by atoms with E-state index in [2.05, 4.69) is 10.5 Å². The van der Waals surface area contributed by atoms with Crippen molar-refractivity contribution in [1.29, 1.82) is 0 Å². The molecule has 0 aliphatic carbocycles. The van der Waals surface area contributed by atoms with Gasteiger partial charge >= 0.3 is 0 Å². The highest BCUT2D eigenvalue weighted by Gasteiger charge is 2.09. The summed E-state index contributed by atoms with van der Waals surface area (Å²) in [4.78, 5) is 12.2. The van der Waals surface area contributed by atoms with Crippen molar-refractivity contribution in [3.05, 3.63) is 94.8 Å². The van der Waals surface area contributed by atoms with Crippen LogP contribution in [0.4, 0.5) is 4.39 Å². The number of amides is 1. The molecule has 0 aliphatic heterocycles. The van der Waals surface area contributed by atoms with E-state index >= 15 is 0 Å². The Hall–Kier alpha value is -4.30. The Morgan fingerprint density at radius 2 is 1.65 bits per heavy atom. The van der Waals surface area contributed by atoms with E-state index in [1.54, 1.807) is 37.4 Å². The Kier molecular flexibility index (Phi) is 8.43. The molecular weight excluding hydrogens is 499 g/mol. The largest absolute Gasteiger partial charge is 0.497 e. The van der Waals surface area contributed by atoms with Crippen molar-refractivity contribution in [1.82, 2.24) is 5.43 Å². The number of hydrogen-bond acceptors (Lipinski definition) is 6. The highest BCUT2D eigenvalue weighted by Crippen LogP contribution is 2.29. The summed E-state index contributed by atoms with van der Waals surface area (Å²) in [5.74, 6) is 1.44. The zero-order valence-corrected chi connectivity index (χ0v) is 20.9. The van der Waals surface area contributed by atoms with Gasteiger partial charge in [-0.3, -0.25) is 4.79 Å². The number of nitrogens with zero attached hydrogens (tertiary/aromatic N) is 1. The van der Waals surface area contributed by atoms with Gasteiger partial charge in [0.25, 0.3) is 5.91 Å². The van der Waals surface area contributed by atoms with Crippen LogP contribution < -0.4 is 24.4 Å². The fraction of sp³-hybridized carbons (Fsp3) is 0.143. The standard InChI is InChI=1S/C28H24ClFN2O5/c1-34-23-8-5-20-13-24(9-6-19(20)12-23)36-17-28(33)32-31-15-18-3-10-26(35-2)27(11-18)37-16-21-4-7-22(30)14-25(21)29/h3-15H,16-17H2,1-2H3,(H,32,33)/b31-15-. The summed E-state index contributed by atoms with van der Waals surface area (Å²) in [5, 5.41) is 6.23. The van der Waals surface area contributed by atoms with Gasteiger partial charge < -0.3 is 18.9 Å². The molecular formula is C28H24ClFN2O5. The van der Waals surface area contributed by atoms with Crippen molar-refractivity contribution in [3.8, 4) is 23.0 Å². The van der Waals surface area contributed by atoms with Gasteiger partial charge in [0.2, 0.25) is 0 Å². The van der Waals surface area contributed by atoms with Gasteiger partial charge in [-0.15, -0.1) is 0 Å². The third-order valence-electron chi connectivity index (χ3n) is 5.38. The maximum Gasteiger partial charge on any atom is 0.277 e. The zero-order chi connectivity index (χ0) is 26.2. The van der Waals surface area contributed by atoms with Crippen LogP contribution in [-0.4, -0.2) is 32.9 Å². The molecule has 190 valence electrons. The van der Waals surface area contributed by atoms with E-state index in [9.17, 15) is 9.18 Å². The van der Waals surface area contributed by atoms with Crippen LogP contribution in [0.2, 0.25) is 5.02 Å². The molecule has 0 aromatic heterocycles. The second-order valence-corrected chi connectivity index (χ2v) is 8.30. The average Bonchev–Trinajstić information content (AvgIpc) is 2.91. The lowest BCUT2D eigenvalue weighted by Gasteiger charge is -2.12. The highest BCUT2D eigenvalue weighted by atomic mass is 35.5. The van der Waals surface area contributed by atoms with Crippen LogP contribution in [0.25, 0.3) is 10.8 Å². The van der Waals surface area contributed by atoms with Crippen molar-refractivity contribution in [2.75, 3.05) is 20.8 Å². The molecule has 1 amide bonds. The number of hydrazone groups is 1. The summed E-state index contributed by atoms with van der Waals surface area (Å²) in [5.41, 5.74) is 3.72. The van der Waals surface area contributed by atoms with E-state index in [1.165, 1.54) is 25.5 Å². The lowest BCUT2D eigenvalue weighted by atomic mass is 10.1. The van der Waals surface area contributed by atoms with Gasteiger partial charge in [-0.1, -0.05) is 29.8 Å². The first-order valence-corrected chi connectivity index (χ1v) is 11.6. The fourth-order valence-electron chi connectivity index (χ4n) is 3.46. The Morgan fingerprint density at radius 1 is 0.892 bits per heavy atom. The predicted molar refractivity (Wildman–Crippen MR) is 140 cm³/mol. The van der Waals surface area contributed by atoms with Crippen LogP contribution in [-0.2, 0) is 11.4 Å². The molecule has 0 fully saturated rings. The molecule has 0 saturated heterocycles. The molecule has 0 atom stereocenters. The van der Waals surface area contributed by atoms with Gasteiger partial charge in [-0.05, 0) is 70.9 Å². The SMILES string of the molecule is COc1ccc2cc(OCC(=O)N/N=C\c3ccc(OC)c(OCc4ccc(F)cc4Cl)c3)ccc2c1. The molecule has 0 heterocycles. The Balaban J connectivity index is 1.32. The molecule has 0 aliphatic rings. The van der Waals surface area contributed by atoms with Crippen LogP contribution >= 0.6 is 11.6 Å². The third kappa shape index (κ3) is 6.89. The number of ether oxygens (including phenoxy) is 4. The summed E-state index contributed by atoms with van der Waals surface area (Å²) in [6, 6.07) is 20.5. The second kappa shape index (κ2) is 12.1. The predicted octanol–water partition coefficient (Wildman–Crippen LogP) is 5.76. The molecule has 1 N–H and O–H groups in total. The lowest BCUT2D eigenvalue weighted by molar-refractivity contribution is -0.123. The number of nitrogens with one attached hydrogen (secondary N) is 1. The van der Waals surface area contributed by atoms with E-state index in [0.29, 0.717) is 28.4 Å². The smallest absolute Gasteiger partial charge is 0.277 e. The van der Waals surface area contributed by atoms with Crippen molar-refractivity contribution in [3.63, 3.8) is 0 Å². The molecule has 9 heteroatoms. The summed E-state index contributed by atoms with van der Waals surface area (Å²) in [6.45, 7) is -0.0825. The van der Waals surface area contributed by atoms with Gasteiger partial charge in [0.05, 0.1) is 25.5 Å². The number of hydrogen-bond donors (Lipinski definition) is 1. The normalized spacial score (nSPS) is 10.9. The maximum absolute atomic E-state index is 13.3. The molecule has 4 aromatic rings. The Labute approximate surface area is 218 Å². The first-order valence-electron chi connectivity index (χ1n) is 11.2. The molecule has 4 rings (SSSR count). The van der Waals surface area contributed by atoms with Gasteiger partial charge in [-0.25, -0.2) is 9.82 Å². The molecule has 0 unspecified atom stereocenters. The van der Waals surface area contributed by atoms with E-state index in [4.69, 9.17) is 30.5 Å². The Morgan fingerprint density at radius 3 is 2.38 bits per heavy atom. The number of fused-ring (bicyclic) bond motifs is 1. The zero-order valence-electron chi connectivity index (χ0n) is 20.2. The number of halogens is 2. The van der Waals surface area contributed by atoms with Gasteiger partial charge in [0.1, 0.15) is 23.9 Å². The fourth-order valence-corrected chi connectivity index (χ4v) is 3.68. The molecule has 4 aromatic carbocycles. The number of rotatable bonds is 10. The van der Waals surface area contributed by atoms with Crippen molar-refractivity contribution in [2.24, 2.45) is 5.10 Å². The van der Waals surface area contributed by atoms with Crippen LogP contribution in [0.1, 0.15) is 11.1 Å².